The highest BCUT2D eigenvalue weighted by atomic mass is 32.1. The van der Waals surface area contributed by atoms with E-state index in [1.807, 2.05) is 42.5 Å². The lowest BCUT2D eigenvalue weighted by atomic mass is 10.0. The molecular formula is C45H27N3OS. The van der Waals surface area contributed by atoms with E-state index in [9.17, 15) is 0 Å². The van der Waals surface area contributed by atoms with E-state index in [1.54, 1.807) is 11.3 Å². The van der Waals surface area contributed by atoms with Crippen LogP contribution >= 0.6 is 11.3 Å². The maximum absolute atomic E-state index is 6.65. The quantitative estimate of drug-likeness (QED) is 0.185. The van der Waals surface area contributed by atoms with Crippen molar-refractivity contribution in [1.29, 1.82) is 0 Å². The molecule has 50 heavy (non-hydrogen) atoms. The van der Waals surface area contributed by atoms with Crippen LogP contribution in [0.25, 0.3) is 98.5 Å². The first-order valence-corrected chi connectivity index (χ1v) is 17.4. The van der Waals surface area contributed by atoms with Crippen molar-refractivity contribution in [1.82, 2.24) is 15.0 Å². The third-order valence-electron chi connectivity index (χ3n) is 9.36. The molecule has 10 rings (SSSR count). The molecule has 234 valence electrons. The fourth-order valence-electron chi connectivity index (χ4n) is 6.90. The summed E-state index contributed by atoms with van der Waals surface area (Å²) in [5, 5.41) is 4.51. The zero-order valence-corrected chi connectivity index (χ0v) is 27.6. The van der Waals surface area contributed by atoms with Crippen molar-refractivity contribution in [2.24, 2.45) is 0 Å². The lowest BCUT2D eigenvalue weighted by Gasteiger charge is -2.09. The molecule has 0 aliphatic heterocycles. The van der Waals surface area contributed by atoms with Gasteiger partial charge in [-0.1, -0.05) is 133 Å². The predicted molar refractivity (Wildman–Crippen MR) is 207 cm³/mol. The number of nitrogens with zero attached hydrogens (tertiary/aromatic N) is 3. The number of benzene rings is 7. The Labute approximate surface area is 292 Å². The van der Waals surface area contributed by atoms with Gasteiger partial charge >= 0.3 is 0 Å². The standard InChI is InChI=1S/C45H27N3OS/c1-4-12-28(13-5-1)31-22-24-33-35-18-10-20-37(41(35)49-39(33)26-31)44-46-43(30-16-8-3-9-17-30)47-45(48-44)38-21-11-19-36-34-25-23-32(27-40(34)50-42(36)38)29-14-6-2-7-15-29/h1-27H. The van der Waals surface area contributed by atoms with Gasteiger partial charge in [0.05, 0.1) is 5.56 Å². The zero-order valence-electron chi connectivity index (χ0n) is 26.7. The van der Waals surface area contributed by atoms with Gasteiger partial charge in [0.2, 0.25) is 0 Å². The van der Waals surface area contributed by atoms with Crippen molar-refractivity contribution in [2.75, 3.05) is 0 Å². The Balaban J connectivity index is 1.17. The Morgan fingerprint density at radius 1 is 0.380 bits per heavy atom. The maximum Gasteiger partial charge on any atom is 0.167 e. The van der Waals surface area contributed by atoms with E-state index in [-0.39, 0.29) is 0 Å². The average Bonchev–Trinajstić information content (AvgIpc) is 3.76. The second-order valence-electron chi connectivity index (χ2n) is 12.4. The number of hydrogen-bond acceptors (Lipinski definition) is 5. The van der Waals surface area contributed by atoms with Crippen LogP contribution in [0.5, 0.6) is 0 Å². The molecule has 0 spiro atoms. The molecule has 0 aliphatic rings. The van der Waals surface area contributed by atoms with Crippen LogP contribution in [0, 0.1) is 0 Å². The molecule has 4 nitrogen and oxygen atoms in total. The first kappa shape index (κ1) is 28.6. The Bertz CT molecular complexity index is 2680. The Hall–Kier alpha value is -6.43. The van der Waals surface area contributed by atoms with Gasteiger partial charge < -0.3 is 4.42 Å². The summed E-state index contributed by atoms with van der Waals surface area (Å²) in [6.45, 7) is 0. The van der Waals surface area contributed by atoms with Gasteiger partial charge in [0.1, 0.15) is 11.2 Å². The highest BCUT2D eigenvalue weighted by molar-refractivity contribution is 7.26. The predicted octanol–water partition coefficient (Wildman–Crippen LogP) is 12.5. The second-order valence-corrected chi connectivity index (χ2v) is 13.4. The number of hydrogen-bond donors (Lipinski definition) is 0. The summed E-state index contributed by atoms with van der Waals surface area (Å²) >= 11 is 1.78. The summed E-state index contributed by atoms with van der Waals surface area (Å²) in [5.41, 5.74) is 9.00. The van der Waals surface area contributed by atoms with Crippen molar-refractivity contribution in [3.63, 3.8) is 0 Å². The van der Waals surface area contributed by atoms with E-state index >= 15 is 0 Å². The molecule has 0 unspecified atom stereocenters. The molecule has 0 saturated carbocycles. The average molecular weight is 658 g/mol. The SMILES string of the molecule is c1ccc(-c2ccc3c(c2)oc2c(-c4nc(-c5ccccc5)nc(-c5cccc6c5sc5cc(-c7ccccc7)ccc56)n4)cccc23)cc1. The number of rotatable bonds is 5. The molecule has 0 bridgehead atoms. The molecule has 7 aromatic carbocycles. The van der Waals surface area contributed by atoms with E-state index in [1.165, 1.54) is 26.6 Å². The summed E-state index contributed by atoms with van der Waals surface area (Å²) in [6.07, 6.45) is 0. The fourth-order valence-corrected chi connectivity index (χ4v) is 8.15. The summed E-state index contributed by atoms with van der Waals surface area (Å²) in [5.74, 6) is 1.83. The van der Waals surface area contributed by atoms with Gasteiger partial charge in [-0.3, -0.25) is 0 Å². The van der Waals surface area contributed by atoms with Gasteiger partial charge in [0.25, 0.3) is 0 Å². The van der Waals surface area contributed by atoms with Crippen molar-refractivity contribution < 1.29 is 4.42 Å². The molecule has 0 atom stereocenters. The van der Waals surface area contributed by atoms with Gasteiger partial charge in [-0.2, -0.15) is 0 Å². The molecule has 0 aliphatic carbocycles. The summed E-state index contributed by atoms with van der Waals surface area (Å²) in [4.78, 5) is 15.4. The van der Waals surface area contributed by atoms with E-state index in [0.29, 0.717) is 17.5 Å². The molecule has 3 aromatic heterocycles. The maximum atomic E-state index is 6.65. The van der Waals surface area contributed by atoms with Crippen LogP contribution in [0.2, 0.25) is 0 Å². The van der Waals surface area contributed by atoms with Crippen molar-refractivity contribution in [3.05, 3.63) is 164 Å². The molecule has 0 N–H and O–H groups in total. The number of para-hydroxylation sites is 1. The smallest absolute Gasteiger partial charge is 0.167 e. The van der Waals surface area contributed by atoms with Crippen molar-refractivity contribution in [2.45, 2.75) is 0 Å². The molecule has 0 radical (unpaired) electrons. The lowest BCUT2D eigenvalue weighted by molar-refractivity contribution is 0.669. The van der Waals surface area contributed by atoms with Gasteiger partial charge in [-0.15, -0.1) is 11.3 Å². The minimum atomic E-state index is 0.575. The van der Waals surface area contributed by atoms with Gasteiger partial charge in [0.15, 0.2) is 17.5 Å². The van der Waals surface area contributed by atoms with Crippen LogP contribution in [-0.2, 0) is 0 Å². The van der Waals surface area contributed by atoms with Gasteiger partial charge in [-0.05, 0) is 52.6 Å². The van der Waals surface area contributed by atoms with Crippen molar-refractivity contribution in [3.8, 4) is 56.4 Å². The summed E-state index contributed by atoms with van der Waals surface area (Å²) in [7, 11) is 0. The summed E-state index contributed by atoms with van der Waals surface area (Å²) < 4.78 is 9.03. The van der Waals surface area contributed by atoms with E-state index < -0.39 is 0 Å². The minimum Gasteiger partial charge on any atom is -0.455 e. The van der Waals surface area contributed by atoms with Crippen LogP contribution in [0.4, 0.5) is 0 Å². The van der Waals surface area contributed by atoms with Gasteiger partial charge in [-0.25, -0.2) is 15.0 Å². The first-order chi connectivity index (χ1) is 24.8. The zero-order chi connectivity index (χ0) is 33.0. The van der Waals surface area contributed by atoms with Crippen LogP contribution in [0.15, 0.2) is 168 Å². The number of thiophene rings is 1. The third-order valence-corrected chi connectivity index (χ3v) is 10.6. The number of furan rings is 1. The normalized spacial score (nSPS) is 11.6. The molecule has 10 aromatic rings. The Morgan fingerprint density at radius 2 is 0.940 bits per heavy atom. The monoisotopic (exact) mass is 657 g/mol. The largest absolute Gasteiger partial charge is 0.455 e. The van der Waals surface area contributed by atoms with Crippen LogP contribution < -0.4 is 0 Å². The van der Waals surface area contributed by atoms with E-state index in [0.717, 1.165) is 54.5 Å². The van der Waals surface area contributed by atoms with Crippen LogP contribution in [0.1, 0.15) is 0 Å². The third kappa shape index (κ3) is 4.79. The molecule has 0 amide bonds. The fraction of sp³-hybridized carbons (Fsp3) is 0. The summed E-state index contributed by atoms with van der Waals surface area (Å²) in [6, 6.07) is 56.8. The first-order valence-electron chi connectivity index (χ1n) is 16.6. The van der Waals surface area contributed by atoms with Crippen LogP contribution in [0.3, 0.4) is 0 Å². The highest BCUT2D eigenvalue weighted by Gasteiger charge is 2.20. The van der Waals surface area contributed by atoms with E-state index in [2.05, 4.69) is 121 Å². The Morgan fingerprint density at radius 3 is 1.64 bits per heavy atom. The molecule has 5 heteroatoms. The molecule has 0 saturated heterocycles. The Kier molecular flexibility index (Phi) is 6.64. The number of fused-ring (bicyclic) bond motifs is 6. The second kappa shape index (κ2) is 11.6. The molecule has 3 heterocycles. The minimum absolute atomic E-state index is 0.575. The highest BCUT2D eigenvalue weighted by Crippen LogP contribution is 2.42. The lowest BCUT2D eigenvalue weighted by Crippen LogP contribution is -2.00. The molecule has 0 fully saturated rings. The van der Waals surface area contributed by atoms with Crippen LogP contribution in [-0.4, -0.2) is 15.0 Å². The van der Waals surface area contributed by atoms with E-state index in [4.69, 9.17) is 19.4 Å². The van der Waals surface area contributed by atoms with Gasteiger partial charge in [0, 0.05) is 42.1 Å². The number of aromatic nitrogens is 3. The topological polar surface area (TPSA) is 51.8 Å². The molecular weight excluding hydrogens is 631 g/mol. The van der Waals surface area contributed by atoms with Crippen molar-refractivity contribution >= 4 is 53.4 Å².